The van der Waals surface area contributed by atoms with E-state index < -0.39 is 0 Å². The molecule has 1 aromatic carbocycles. The fourth-order valence-electron chi connectivity index (χ4n) is 2.25. The highest BCUT2D eigenvalue weighted by Gasteiger charge is 2.32. The fraction of sp³-hybridized carbons (Fsp3) is 0.538. The molecular formula is C13H16Cl2O. The maximum atomic E-state index is 6.18. The molecule has 88 valence electrons. The van der Waals surface area contributed by atoms with Gasteiger partial charge >= 0.3 is 0 Å². The Labute approximate surface area is 107 Å². The first kappa shape index (κ1) is 12.2. The molecule has 0 saturated carbocycles. The lowest BCUT2D eigenvalue weighted by molar-refractivity contribution is 0.00479. The van der Waals surface area contributed by atoms with Crippen LogP contribution in [0.5, 0.6) is 0 Å². The van der Waals surface area contributed by atoms with E-state index in [1.54, 1.807) is 0 Å². The summed E-state index contributed by atoms with van der Waals surface area (Å²) in [6, 6.07) is 7.98. The lowest BCUT2D eigenvalue weighted by Crippen LogP contribution is -2.35. The Kier molecular flexibility index (Phi) is 4.12. The molecule has 1 aliphatic rings. The molecule has 1 nitrogen and oxygen atoms in total. The van der Waals surface area contributed by atoms with E-state index in [2.05, 4.69) is 6.07 Å². The first-order valence-electron chi connectivity index (χ1n) is 5.63. The number of hydrogen-bond donors (Lipinski definition) is 0. The molecule has 1 aliphatic heterocycles. The summed E-state index contributed by atoms with van der Waals surface area (Å²) in [5.74, 6) is 0.637. The zero-order valence-corrected chi connectivity index (χ0v) is 10.7. The summed E-state index contributed by atoms with van der Waals surface area (Å²) >= 11 is 12.3. The van der Waals surface area contributed by atoms with Gasteiger partial charge < -0.3 is 4.74 Å². The van der Waals surface area contributed by atoms with Gasteiger partial charge in [-0.1, -0.05) is 29.8 Å². The van der Waals surface area contributed by atoms with Crippen molar-refractivity contribution in [1.29, 1.82) is 0 Å². The normalized spacial score (nSPS) is 25.6. The summed E-state index contributed by atoms with van der Waals surface area (Å²) in [6.45, 7) is 1.61. The van der Waals surface area contributed by atoms with E-state index in [1.165, 1.54) is 5.56 Å². The van der Waals surface area contributed by atoms with Crippen LogP contribution in [0.3, 0.4) is 0 Å². The molecule has 1 unspecified atom stereocenters. The molecule has 3 heteroatoms. The Morgan fingerprint density at radius 1 is 1.31 bits per heavy atom. The molecule has 0 N–H and O–H groups in total. The minimum absolute atomic E-state index is 0.0742. The van der Waals surface area contributed by atoms with Crippen LogP contribution in [0.15, 0.2) is 24.3 Å². The van der Waals surface area contributed by atoms with Gasteiger partial charge in [-0.3, -0.25) is 0 Å². The summed E-state index contributed by atoms with van der Waals surface area (Å²) in [7, 11) is 0. The van der Waals surface area contributed by atoms with Gasteiger partial charge in [0.1, 0.15) is 0 Å². The van der Waals surface area contributed by atoms with Crippen molar-refractivity contribution in [2.45, 2.75) is 19.3 Å². The number of rotatable bonds is 3. The van der Waals surface area contributed by atoms with Crippen molar-refractivity contribution < 1.29 is 4.74 Å². The van der Waals surface area contributed by atoms with E-state index in [1.807, 2.05) is 18.2 Å². The summed E-state index contributed by atoms with van der Waals surface area (Å²) in [6.07, 6.45) is 3.13. The highest BCUT2D eigenvalue weighted by Crippen LogP contribution is 2.35. The molecule has 1 aromatic rings. The second-order valence-electron chi connectivity index (χ2n) is 4.56. The fourth-order valence-corrected chi connectivity index (χ4v) is 2.76. The van der Waals surface area contributed by atoms with E-state index in [-0.39, 0.29) is 5.41 Å². The summed E-state index contributed by atoms with van der Waals surface area (Å²) in [5, 5.41) is 0.831. The molecule has 0 aromatic heterocycles. The quantitative estimate of drug-likeness (QED) is 0.747. The van der Waals surface area contributed by atoms with E-state index >= 15 is 0 Å². The maximum Gasteiger partial charge on any atom is 0.0537 e. The topological polar surface area (TPSA) is 9.23 Å². The molecule has 0 aliphatic carbocycles. The van der Waals surface area contributed by atoms with Crippen LogP contribution < -0.4 is 0 Å². The maximum absolute atomic E-state index is 6.18. The van der Waals surface area contributed by atoms with Gasteiger partial charge in [0.2, 0.25) is 0 Å². The monoisotopic (exact) mass is 258 g/mol. The van der Waals surface area contributed by atoms with Crippen molar-refractivity contribution in [1.82, 2.24) is 0 Å². The van der Waals surface area contributed by atoms with Crippen LogP contribution in [0.4, 0.5) is 0 Å². The number of benzene rings is 1. The molecule has 1 heterocycles. The molecule has 0 amide bonds. The van der Waals surface area contributed by atoms with Gasteiger partial charge in [-0.15, -0.1) is 11.6 Å². The molecule has 2 rings (SSSR count). The molecule has 1 fully saturated rings. The Hall–Kier alpha value is -0.240. The predicted octanol–water partition coefficient (Wildman–Crippen LogP) is 3.92. The number of ether oxygens (including phenoxy) is 1. The largest absolute Gasteiger partial charge is 0.381 e. The van der Waals surface area contributed by atoms with Gasteiger partial charge in [-0.05, 0) is 30.9 Å². The molecular weight excluding hydrogens is 243 g/mol. The Bertz CT molecular complexity index is 346. The number of halogens is 2. The van der Waals surface area contributed by atoms with Crippen LogP contribution in [0.1, 0.15) is 18.4 Å². The third-order valence-corrected chi connectivity index (χ3v) is 4.15. The molecule has 0 spiro atoms. The predicted molar refractivity (Wildman–Crippen MR) is 68.4 cm³/mol. The average molecular weight is 259 g/mol. The first-order valence-corrected chi connectivity index (χ1v) is 6.54. The van der Waals surface area contributed by atoms with Gasteiger partial charge in [0.15, 0.2) is 0 Å². The highest BCUT2D eigenvalue weighted by atomic mass is 35.5. The number of hydrogen-bond acceptors (Lipinski definition) is 1. The van der Waals surface area contributed by atoms with E-state index in [9.17, 15) is 0 Å². The molecule has 1 saturated heterocycles. The van der Waals surface area contributed by atoms with Gasteiger partial charge in [-0.25, -0.2) is 0 Å². The Morgan fingerprint density at radius 2 is 2.12 bits per heavy atom. The van der Waals surface area contributed by atoms with Crippen LogP contribution in [-0.2, 0) is 11.2 Å². The lowest BCUT2D eigenvalue weighted by atomic mass is 9.79. The van der Waals surface area contributed by atoms with Crippen LogP contribution in [0.2, 0.25) is 5.02 Å². The SMILES string of the molecule is ClCC1(Cc2ccccc2Cl)CCCOC1. The summed E-state index contributed by atoms with van der Waals surface area (Å²) in [4.78, 5) is 0. The van der Waals surface area contributed by atoms with E-state index in [0.29, 0.717) is 5.88 Å². The Morgan fingerprint density at radius 3 is 2.75 bits per heavy atom. The third-order valence-electron chi connectivity index (χ3n) is 3.21. The smallest absolute Gasteiger partial charge is 0.0537 e. The minimum atomic E-state index is 0.0742. The zero-order valence-electron chi connectivity index (χ0n) is 9.22. The summed E-state index contributed by atoms with van der Waals surface area (Å²) < 4.78 is 5.56. The number of alkyl halides is 1. The highest BCUT2D eigenvalue weighted by molar-refractivity contribution is 6.31. The van der Waals surface area contributed by atoms with Crippen molar-refractivity contribution >= 4 is 23.2 Å². The van der Waals surface area contributed by atoms with Crippen molar-refractivity contribution in [3.05, 3.63) is 34.9 Å². The molecule has 0 radical (unpaired) electrons. The lowest BCUT2D eigenvalue weighted by Gasteiger charge is -2.35. The minimum Gasteiger partial charge on any atom is -0.381 e. The van der Waals surface area contributed by atoms with Crippen molar-refractivity contribution in [2.75, 3.05) is 19.1 Å². The van der Waals surface area contributed by atoms with Crippen LogP contribution >= 0.6 is 23.2 Å². The van der Waals surface area contributed by atoms with Crippen LogP contribution in [0.25, 0.3) is 0 Å². The standard InChI is InChI=1S/C13H16Cl2O/c14-9-13(6-3-7-16-10-13)8-11-4-1-2-5-12(11)15/h1-2,4-5H,3,6-10H2. The molecule has 16 heavy (non-hydrogen) atoms. The van der Waals surface area contributed by atoms with Crippen molar-refractivity contribution in [2.24, 2.45) is 5.41 Å². The average Bonchev–Trinajstić information content (AvgIpc) is 2.33. The van der Waals surface area contributed by atoms with E-state index in [4.69, 9.17) is 27.9 Å². The van der Waals surface area contributed by atoms with Gasteiger partial charge in [-0.2, -0.15) is 0 Å². The van der Waals surface area contributed by atoms with Gasteiger partial charge in [0.05, 0.1) is 6.61 Å². The second kappa shape index (κ2) is 5.39. The molecule has 1 atom stereocenters. The van der Waals surface area contributed by atoms with Gasteiger partial charge in [0.25, 0.3) is 0 Å². The molecule has 0 bridgehead atoms. The third kappa shape index (κ3) is 2.71. The van der Waals surface area contributed by atoms with E-state index in [0.717, 1.165) is 37.5 Å². The first-order chi connectivity index (χ1) is 7.76. The van der Waals surface area contributed by atoms with Gasteiger partial charge in [0, 0.05) is 22.9 Å². The van der Waals surface area contributed by atoms with Crippen molar-refractivity contribution in [3.63, 3.8) is 0 Å². The second-order valence-corrected chi connectivity index (χ2v) is 5.23. The van der Waals surface area contributed by atoms with Crippen LogP contribution in [-0.4, -0.2) is 19.1 Å². The van der Waals surface area contributed by atoms with Crippen molar-refractivity contribution in [3.8, 4) is 0 Å². The summed E-state index contributed by atoms with van der Waals surface area (Å²) in [5.41, 5.74) is 1.25. The zero-order chi connectivity index (χ0) is 11.4. The van der Waals surface area contributed by atoms with Crippen LogP contribution in [0, 0.1) is 5.41 Å². The Balaban J connectivity index is 2.15.